The second-order valence-corrected chi connectivity index (χ2v) is 5.79. The Morgan fingerprint density at radius 3 is 2.33 bits per heavy atom. The highest BCUT2D eigenvalue weighted by Gasteiger charge is 2.10. The number of nitrogens with two attached hydrogens (primary N) is 1. The van der Waals surface area contributed by atoms with Crippen molar-refractivity contribution in [3.8, 4) is 5.75 Å². The highest BCUT2D eigenvalue weighted by Crippen LogP contribution is 2.15. The number of methoxy groups -OCH3 is 1. The van der Waals surface area contributed by atoms with E-state index in [-0.39, 0.29) is 11.7 Å². The molecule has 0 heterocycles. The van der Waals surface area contributed by atoms with E-state index in [0.717, 1.165) is 0 Å². The van der Waals surface area contributed by atoms with Crippen LogP contribution in [0.15, 0.2) is 53.4 Å². The molecule has 0 bridgehead atoms. The normalized spacial score (nSPS) is 11.7. The number of nitrogens with one attached hydrogen (secondary N) is 1. The number of carbonyl (C=O) groups is 1. The molecule has 0 saturated heterocycles. The summed E-state index contributed by atoms with van der Waals surface area (Å²) in [6, 6.07) is 13.6. The van der Waals surface area contributed by atoms with Gasteiger partial charge in [0.25, 0.3) is 0 Å². The first-order chi connectivity index (χ1) is 10.1. The lowest BCUT2D eigenvalue weighted by atomic mass is 10.3. The standard InChI is InChI=1S/C15H16N2O3S/c1-20-13-6-8-14(9-7-13)21(19)10-15(18)17-12-4-2-11(16)3-5-12/h2-9H,10,16H2,1H3,(H,17,18). The maximum Gasteiger partial charge on any atom is 0.237 e. The summed E-state index contributed by atoms with van der Waals surface area (Å²) < 4.78 is 17.1. The fourth-order valence-electron chi connectivity index (χ4n) is 1.69. The number of nitrogen functional groups attached to an aromatic ring is 1. The minimum atomic E-state index is -1.39. The summed E-state index contributed by atoms with van der Waals surface area (Å²) in [5, 5.41) is 2.68. The van der Waals surface area contributed by atoms with Crippen LogP contribution >= 0.6 is 0 Å². The van der Waals surface area contributed by atoms with Crippen molar-refractivity contribution in [3.05, 3.63) is 48.5 Å². The van der Waals surface area contributed by atoms with Crippen LogP contribution in [0, 0.1) is 0 Å². The minimum Gasteiger partial charge on any atom is -0.497 e. The van der Waals surface area contributed by atoms with E-state index < -0.39 is 10.8 Å². The van der Waals surface area contributed by atoms with Gasteiger partial charge in [0, 0.05) is 16.3 Å². The maximum atomic E-state index is 12.1. The Hall–Kier alpha value is -2.34. The number of benzene rings is 2. The molecule has 0 aliphatic rings. The molecule has 5 nitrogen and oxygen atoms in total. The number of anilines is 2. The summed E-state index contributed by atoms with van der Waals surface area (Å²) in [7, 11) is 0.167. The molecule has 110 valence electrons. The second-order valence-electron chi connectivity index (χ2n) is 4.34. The van der Waals surface area contributed by atoms with E-state index in [9.17, 15) is 9.00 Å². The Balaban J connectivity index is 1.95. The van der Waals surface area contributed by atoms with E-state index in [1.54, 1.807) is 55.6 Å². The first-order valence-electron chi connectivity index (χ1n) is 6.26. The second kappa shape index (κ2) is 6.90. The van der Waals surface area contributed by atoms with E-state index in [2.05, 4.69) is 5.32 Å². The number of ether oxygens (including phenoxy) is 1. The van der Waals surface area contributed by atoms with Crippen LogP contribution in [0.3, 0.4) is 0 Å². The Bertz CT molecular complexity index is 639. The molecule has 21 heavy (non-hydrogen) atoms. The third-order valence-electron chi connectivity index (χ3n) is 2.78. The number of hydrogen-bond donors (Lipinski definition) is 2. The molecule has 3 N–H and O–H groups in total. The zero-order chi connectivity index (χ0) is 15.2. The quantitative estimate of drug-likeness (QED) is 0.828. The third kappa shape index (κ3) is 4.32. The monoisotopic (exact) mass is 304 g/mol. The Labute approximate surface area is 125 Å². The van der Waals surface area contributed by atoms with Crippen LogP contribution in [0.5, 0.6) is 5.75 Å². The lowest BCUT2D eigenvalue weighted by molar-refractivity contribution is -0.113. The van der Waals surface area contributed by atoms with Gasteiger partial charge in [0.05, 0.1) is 17.9 Å². The van der Waals surface area contributed by atoms with Crippen LogP contribution in [-0.2, 0) is 15.6 Å². The van der Waals surface area contributed by atoms with Gasteiger partial charge >= 0.3 is 0 Å². The molecular weight excluding hydrogens is 288 g/mol. The Morgan fingerprint density at radius 1 is 1.14 bits per heavy atom. The van der Waals surface area contributed by atoms with Crippen LogP contribution in [0.4, 0.5) is 11.4 Å². The van der Waals surface area contributed by atoms with Gasteiger partial charge in [-0.15, -0.1) is 0 Å². The van der Waals surface area contributed by atoms with Crippen molar-refractivity contribution in [1.29, 1.82) is 0 Å². The summed E-state index contributed by atoms with van der Waals surface area (Å²) >= 11 is 0. The number of carbonyl (C=O) groups excluding carboxylic acids is 1. The molecule has 2 aromatic carbocycles. The molecule has 0 aromatic heterocycles. The van der Waals surface area contributed by atoms with Crippen LogP contribution in [0.2, 0.25) is 0 Å². The highest BCUT2D eigenvalue weighted by atomic mass is 32.2. The maximum absolute atomic E-state index is 12.1. The summed E-state index contributed by atoms with van der Waals surface area (Å²) in [4.78, 5) is 12.4. The molecule has 0 fully saturated rings. The Kier molecular flexibility index (Phi) is 4.94. The van der Waals surface area contributed by atoms with Gasteiger partial charge in [-0.1, -0.05) is 0 Å². The van der Waals surface area contributed by atoms with Gasteiger partial charge in [0.2, 0.25) is 5.91 Å². The van der Waals surface area contributed by atoms with Crippen LogP contribution in [-0.4, -0.2) is 23.0 Å². The molecule has 1 unspecified atom stereocenters. The van der Waals surface area contributed by atoms with Crippen molar-refractivity contribution in [3.63, 3.8) is 0 Å². The van der Waals surface area contributed by atoms with Gasteiger partial charge in [-0.2, -0.15) is 0 Å². The summed E-state index contributed by atoms with van der Waals surface area (Å²) in [6.45, 7) is 0. The first-order valence-corrected chi connectivity index (χ1v) is 7.58. The zero-order valence-electron chi connectivity index (χ0n) is 11.5. The van der Waals surface area contributed by atoms with Crippen molar-refractivity contribution >= 4 is 28.1 Å². The predicted octanol–water partition coefficient (Wildman–Crippen LogP) is 2.02. The Morgan fingerprint density at radius 2 is 1.76 bits per heavy atom. The van der Waals surface area contributed by atoms with Crippen LogP contribution in [0.25, 0.3) is 0 Å². The van der Waals surface area contributed by atoms with Gasteiger partial charge in [-0.3, -0.25) is 9.00 Å². The highest BCUT2D eigenvalue weighted by molar-refractivity contribution is 7.85. The molecule has 2 rings (SSSR count). The molecule has 0 spiro atoms. The lowest BCUT2D eigenvalue weighted by Gasteiger charge is -2.06. The predicted molar refractivity (Wildman–Crippen MR) is 83.8 cm³/mol. The smallest absolute Gasteiger partial charge is 0.237 e. The molecule has 0 aliphatic heterocycles. The summed E-state index contributed by atoms with van der Waals surface area (Å²) in [5.41, 5.74) is 6.81. The van der Waals surface area contributed by atoms with Crippen molar-refractivity contribution in [1.82, 2.24) is 0 Å². The topological polar surface area (TPSA) is 81.4 Å². The van der Waals surface area contributed by atoms with Gasteiger partial charge < -0.3 is 15.8 Å². The average molecular weight is 304 g/mol. The van der Waals surface area contributed by atoms with E-state index in [0.29, 0.717) is 22.0 Å². The van der Waals surface area contributed by atoms with E-state index in [1.807, 2.05) is 0 Å². The molecule has 0 radical (unpaired) electrons. The molecule has 1 atom stereocenters. The fraction of sp³-hybridized carbons (Fsp3) is 0.133. The molecular formula is C15H16N2O3S. The van der Waals surface area contributed by atoms with Crippen LogP contribution in [0.1, 0.15) is 0 Å². The first kappa shape index (κ1) is 15.1. The summed E-state index contributed by atoms with van der Waals surface area (Å²) in [5.74, 6) is 0.271. The molecule has 0 aliphatic carbocycles. The van der Waals surface area contributed by atoms with Crippen molar-refractivity contribution in [2.24, 2.45) is 0 Å². The largest absolute Gasteiger partial charge is 0.497 e. The third-order valence-corrected chi connectivity index (χ3v) is 4.10. The minimum absolute atomic E-state index is 0.100. The van der Waals surface area contributed by atoms with E-state index >= 15 is 0 Å². The number of amides is 1. The summed E-state index contributed by atoms with van der Waals surface area (Å²) in [6.07, 6.45) is 0. The SMILES string of the molecule is COc1ccc(S(=O)CC(=O)Nc2ccc(N)cc2)cc1. The molecule has 0 saturated carbocycles. The van der Waals surface area contributed by atoms with Gasteiger partial charge in [-0.25, -0.2) is 0 Å². The van der Waals surface area contributed by atoms with Gasteiger partial charge in [0.15, 0.2) is 0 Å². The number of rotatable bonds is 5. The molecule has 6 heteroatoms. The van der Waals surface area contributed by atoms with E-state index in [4.69, 9.17) is 10.5 Å². The van der Waals surface area contributed by atoms with Crippen molar-refractivity contribution in [2.75, 3.05) is 23.9 Å². The van der Waals surface area contributed by atoms with Gasteiger partial charge in [0.1, 0.15) is 11.5 Å². The zero-order valence-corrected chi connectivity index (χ0v) is 12.4. The number of hydrogen-bond acceptors (Lipinski definition) is 4. The van der Waals surface area contributed by atoms with Crippen molar-refractivity contribution < 1.29 is 13.7 Å². The van der Waals surface area contributed by atoms with Crippen LogP contribution < -0.4 is 15.8 Å². The van der Waals surface area contributed by atoms with Gasteiger partial charge in [-0.05, 0) is 48.5 Å². The molecule has 1 amide bonds. The average Bonchev–Trinajstić information content (AvgIpc) is 2.49. The van der Waals surface area contributed by atoms with Crippen molar-refractivity contribution in [2.45, 2.75) is 4.90 Å². The molecule has 2 aromatic rings. The fourth-order valence-corrected chi connectivity index (χ4v) is 2.61. The van der Waals surface area contributed by atoms with E-state index in [1.165, 1.54) is 0 Å². The lowest BCUT2D eigenvalue weighted by Crippen LogP contribution is -2.19.